The summed E-state index contributed by atoms with van der Waals surface area (Å²) < 4.78 is 5.15. The van der Waals surface area contributed by atoms with Crippen LogP contribution in [-0.4, -0.2) is 22.9 Å². The number of ether oxygens (including phenoxy) is 1. The van der Waals surface area contributed by atoms with Crippen molar-refractivity contribution in [3.8, 4) is 5.75 Å². The van der Waals surface area contributed by atoms with Gasteiger partial charge in [-0.2, -0.15) is 0 Å². The van der Waals surface area contributed by atoms with Crippen molar-refractivity contribution in [1.82, 2.24) is 0 Å². The molecule has 1 amide bonds. The summed E-state index contributed by atoms with van der Waals surface area (Å²) in [5.74, 6) is -0.471. The van der Waals surface area contributed by atoms with E-state index >= 15 is 0 Å². The summed E-state index contributed by atoms with van der Waals surface area (Å²) in [6, 6.07) is 5.06. The Morgan fingerprint density at radius 3 is 2.08 bits per heavy atom. The van der Waals surface area contributed by atoms with Gasteiger partial charge in [-0.15, -0.1) is 0 Å². The maximum Gasteiger partial charge on any atom is 0.279 e. The number of nitro groups is 2. The van der Waals surface area contributed by atoms with Gasteiger partial charge in [-0.3, -0.25) is 25.0 Å². The lowest BCUT2D eigenvalue weighted by atomic mass is 10.1. The molecule has 2 rings (SSSR count). The molecular weight excluding hydrogens is 366 g/mol. The molecule has 10 heteroatoms. The van der Waals surface area contributed by atoms with E-state index in [1.165, 1.54) is 20.1 Å². The largest absolute Gasteiger partial charge is 0.495 e. The van der Waals surface area contributed by atoms with E-state index in [1.54, 1.807) is 13.0 Å². The first-order chi connectivity index (χ1) is 12.1. The molecule has 0 bridgehead atoms. The average Bonchev–Trinajstić information content (AvgIpc) is 2.57. The Morgan fingerprint density at radius 2 is 1.62 bits per heavy atom. The van der Waals surface area contributed by atoms with Crippen LogP contribution in [0.15, 0.2) is 24.3 Å². The van der Waals surface area contributed by atoms with Crippen LogP contribution in [0.5, 0.6) is 5.75 Å². The first-order valence-corrected chi connectivity index (χ1v) is 7.62. The van der Waals surface area contributed by atoms with Gasteiger partial charge in [0.25, 0.3) is 17.3 Å². The fourth-order valence-electron chi connectivity index (χ4n) is 2.32. The summed E-state index contributed by atoms with van der Waals surface area (Å²) >= 11 is 6.00. The number of anilines is 1. The van der Waals surface area contributed by atoms with E-state index in [-0.39, 0.29) is 22.6 Å². The molecule has 9 nitrogen and oxygen atoms in total. The summed E-state index contributed by atoms with van der Waals surface area (Å²) in [5, 5.41) is 25.2. The Hall–Kier alpha value is -3.20. The number of nitrogens with one attached hydrogen (secondary N) is 1. The number of halogens is 1. The predicted molar refractivity (Wildman–Crippen MR) is 95.2 cm³/mol. The second-order valence-corrected chi connectivity index (χ2v) is 5.82. The monoisotopic (exact) mass is 379 g/mol. The molecule has 0 heterocycles. The van der Waals surface area contributed by atoms with Crippen molar-refractivity contribution in [2.45, 2.75) is 13.8 Å². The molecule has 26 heavy (non-hydrogen) atoms. The van der Waals surface area contributed by atoms with Crippen LogP contribution in [0.25, 0.3) is 0 Å². The normalized spacial score (nSPS) is 10.3. The first-order valence-electron chi connectivity index (χ1n) is 7.24. The van der Waals surface area contributed by atoms with E-state index < -0.39 is 27.1 Å². The molecule has 0 atom stereocenters. The lowest BCUT2D eigenvalue weighted by Gasteiger charge is -2.12. The van der Waals surface area contributed by atoms with Gasteiger partial charge in [0.2, 0.25) is 0 Å². The molecule has 0 saturated carbocycles. The fraction of sp³-hybridized carbons (Fsp3) is 0.188. The zero-order chi connectivity index (χ0) is 19.6. The molecule has 2 aromatic carbocycles. The summed E-state index contributed by atoms with van der Waals surface area (Å²) in [6.45, 7) is 2.97. The second-order valence-electron chi connectivity index (χ2n) is 5.41. The van der Waals surface area contributed by atoms with E-state index in [4.69, 9.17) is 16.3 Å². The number of nitro benzene ring substituents is 2. The van der Waals surface area contributed by atoms with Gasteiger partial charge in [-0.1, -0.05) is 11.6 Å². The molecule has 0 unspecified atom stereocenters. The number of benzene rings is 2. The molecular formula is C16H14ClN3O6. The SMILES string of the molecule is COc1cc(Cl)c(C)cc1NC(=O)c1cc([N+](=O)[O-])c(C)c([N+](=O)[O-])c1. The zero-order valence-electron chi connectivity index (χ0n) is 14.0. The highest BCUT2D eigenvalue weighted by Gasteiger charge is 2.25. The van der Waals surface area contributed by atoms with Crippen LogP contribution in [0.4, 0.5) is 17.1 Å². The molecule has 2 aromatic rings. The van der Waals surface area contributed by atoms with Gasteiger partial charge >= 0.3 is 0 Å². The van der Waals surface area contributed by atoms with Crippen molar-refractivity contribution in [3.63, 3.8) is 0 Å². The number of hydrogen-bond donors (Lipinski definition) is 1. The topological polar surface area (TPSA) is 125 Å². The van der Waals surface area contributed by atoms with Crippen LogP contribution in [0.1, 0.15) is 21.5 Å². The Morgan fingerprint density at radius 1 is 1.08 bits per heavy atom. The van der Waals surface area contributed by atoms with E-state index in [1.807, 2.05) is 0 Å². The number of carbonyl (C=O) groups excluding carboxylic acids is 1. The van der Waals surface area contributed by atoms with Gasteiger partial charge < -0.3 is 10.1 Å². The molecule has 0 fully saturated rings. The van der Waals surface area contributed by atoms with E-state index in [0.29, 0.717) is 10.6 Å². The smallest absolute Gasteiger partial charge is 0.279 e. The maximum atomic E-state index is 12.5. The van der Waals surface area contributed by atoms with Crippen LogP contribution >= 0.6 is 11.6 Å². The van der Waals surface area contributed by atoms with Crippen molar-refractivity contribution in [3.05, 3.63) is 66.2 Å². The number of nitrogens with zero attached hydrogens (tertiary/aromatic N) is 2. The molecule has 0 saturated heterocycles. The Balaban J connectivity index is 2.49. The van der Waals surface area contributed by atoms with Crippen LogP contribution in [0.3, 0.4) is 0 Å². The third kappa shape index (κ3) is 3.72. The lowest BCUT2D eigenvalue weighted by molar-refractivity contribution is -0.395. The standard InChI is InChI=1S/C16H14ClN3O6/c1-8-4-12(15(26-3)7-11(8)17)18-16(21)10-5-13(19(22)23)9(2)14(6-10)20(24)25/h4-7H,1-3H3,(H,18,21). The van der Waals surface area contributed by atoms with Gasteiger partial charge in [-0.25, -0.2) is 0 Å². The molecule has 0 spiro atoms. The highest BCUT2D eigenvalue weighted by molar-refractivity contribution is 6.31. The highest BCUT2D eigenvalue weighted by atomic mass is 35.5. The Kier molecular flexibility index (Phi) is 5.41. The molecule has 0 aliphatic carbocycles. The zero-order valence-corrected chi connectivity index (χ0v) is 14.8. The average molecular weight is 380 g/mol. The minimum atomic E-state index is -0.772. The molecule has 0 aliphatic heterocycles. The minimum absolute atomic E-state index is 0.128. The number of hydrogen-bond acceptors (Lipinski definition) is 6. The van der Waals surface area contributed by atoms with Crippen LogP contribution in [-0.2, 0) is 0 Å². The van der Waals surface area contributed by atoms with E-state index in [2.05, 4.69) is 5.32 Å². The number of rotatable bonds is 5. The summed E-state index contributed by atoms with van der Waals surface area (Å²) in [5.41, 5.74) is -0.416. The summed E-state index contributed by atoms with van der Waals surface area (Å²) in [6.07, 6.45) is 0. The van der Waals surface area contributed by atoms with Gasteiger partial charge in [0, 0.05) is 23.2 Å². The molecule has 0 radical (unpaired) electrons. The van der Waals surface area contributed by atoms with Crippen LogP contribution in [0, 0.1) is 34.1 Å². The van der Waals surface area contributed by atoms with Crippen molar-refractivity contribution >= 4 is 34.6 Å². The molecule has 1 N–H and O–H groups in total. The Bertz CT molecular complexity index is 893. The predicted octanol–water partition coefficient (Wildman–Crippen LogP) is 4.03. The first kappa shape index (κ1) is 19.1. The van der Waals surface area contributed by atoms with E-state index in [9.17, 15) is 25.0 Å². The molecule has 0 aromatic heterocycles. The number of amides is 1. The highest BCUT2D eigenvalue weighted by Crippen LogP contribution is 2.33. The van der Waals surface area contributed by atoms with Crippen LogP contribution < -0.4 is 10.1 Å². The fourth-order valence-corrected chi connectivity index (χ4v) is 2.47. The van der Waals surface area contributed by atoms with Crippen LogP contribution in [0.2, 0.25) is 5.02 Å². The molecule has 136 valence electrons. The van der Waals surface area contributed by atoms with Gasteiger partial charge in [0.1, 0.15) is 11.3 Å². The number of carbonyl (C=O) groups is 1. The third-order valence-corrected chi connectivity index (χ3v) is 4.14. The van der Waals surface area contributed by atoms with Gasteiger partial charge in [0.15, 0.2) is 0 Å². The lowest BCUT2D eigenvalue weighted by Crippen LogP contribution is -2.14. The van der Waals surface area contributed by atoms with Crippen molar-refractivity contribution in [2.24, 2.45) is 0 Å². The Labute approximate surface area is 152 Å². The summed E-state index contributed by atoms with van der Waals surface area (Å²) in [4.78, 5) is 33.2. The molecule has 0 aliphatic rings. The minimum Gasteiger partial charge on any atom is -0.495 e. The van der Waals surface area contributed by atoms with Crippen molar-refractivity contribution in [2.75, 3.05) is 12.4 Å². The van der Waals surface area contributed by atoms with Gasteiger partial charge in [0.05, 0.1) is 28.2 Å². The number of aryl methyl sites for hydroxylation is 1. The maximum absolute atomic E-state index is 12.5. The van der Waals surface area contributed by atoms with Crippen molar-refractivity contribution < 1.29 is 19.4 Å². The summed E-state index contributed by atoms with van der Waals surface area (Å²) in [7, 11) is 1.39. The third-order valence-electron chi connectivity index (χ3n) is 3.74. The van der Waals surface area contributed by atoms with Crippen molar-refractivity contribution in [1.29, 1.82) is 0 Å². The second kappa shape index (κ2) is 7.36. The number of methoxy groups -OCH3 is 1. The quantitative estimate of drug-likeness (QED) is 0.617. The van der Waals surface area contributed by atoms with Gasteiger partial charge in [-0.05, 0) is 25.5 Å². The van der Waals surface area contributed by atoms with E-state index in [0.717, 1.165) is 12.1 Å².